The Morgan fingerprint density at radius 1 is 1.15 bits per heavy atom. The van der Waals surface area contributed by atoms with E-state index in [-0.39, 0.29) is 11.5 Å². The van der Waals surface area contributed by atoms with Gasteiger partial charge in [0.15, 0.2) is 5.78 Å². The first kappa shape index (κ1) is 13.7. The van der Waals surface area contributed by atoms with Gasteiger partial charge in [-0.3, -0.25) is 14.9 Å². The van der Waals surface area contributed by atoms with Crippen LogP contribution < -0.4 is 4.74 Å². The number of benzene rings is 2. The lowest BCUT2D eigenvalue weighted by atomic mass is 10.1. The fourth-order valence-corrected chi connectivity index (χ4v) is 1.71. The van der Waals surface area contributed by atoms with Gasteiger partial charge in [-0.25, -0.2) is 0 Å². The Bertz CT molecular complexity index is 635. The standard InChI is InChI=1S/C15H13NO4/c1-2-15(17)11-4-3-5-14(10-11)20-13-8-6-12(7-9-13)16(18)19/h3-10H,2H2,1H3. The van der Waals surface area contributed by atoms with E-state index in [0.717, 1.165) is 0 Å². The van der Waals surface area contributed by atoms with Crippen LogP contribution in [-0.4, -0.2) is 10.7 Å². The number of nitrogens with zero attached hydrogens (tertiary/aromatic N) is 1. The highest BCUT2D eigenvalue weighted by atomic mass is 16.6. The average molecular weight is 271 g/mol. The van der Waals surface area contributed by atoms with Gasteiger partial charge in [0.25, 0.3) is 5.69 Å². The molecule has 0 spiro atoms. The van der Waals surface area contributed by atoms with Crippen molar-refractivity contribution < 1.29 is 14.5 Å². The Hall–Kier alpha value is -2.69. The topological polar surface area (TPSA) is 69.4 Å². The summed E-state index contributed by atoms with van der Waals surface area (Å²) >= 11 is 0. The Morgan fingerprint density at radius 3 is 2.45 bits per heavy atom. The third-order valence-electron chi connectivity index (χ3n) is 2.76. The monoisotopic (exact) mass is 271 g/mol. The molecule has 0 saturated heterocycles. The normalized spacial score (nSPS) is 10.1. The number of nitro groups is 1. The Balaban J connectivity index is 2.17. The fourth-order valence-electron chi connectivity index (χ4n) is 1.71. The van der Waals surface area contributed by atoms with E-state index in [0.29, 0.717) is 23.5 Å². The smallest absolute Gasteiger partial charge is 0.269 e. The van der Waals surface area contributed by atoms with E-state index in [1.54, 1.807) is 31.2 Å². The number of nitro benzene ring substituents is 1. The van der Waals surface area contributed by atoms with E-state index in [1.165, 1.54) is 24.3 Å². The molecule has 20 heavy (non-hydrogen) atoms. The summed E-state index contributed by atoms with van der Waals surface area (Å²) in [7, 11) is 0. The molecule has 0 aliphatic heterocycles. The van der Waals surface area contributed by atoms with Crippen LogP contribution in [0, 0.1) is 10.1 Å². The summed E-state index contributed by atoms with van der Waals surface area (Å²) in [5.74, 6) is 1.05. The number of ether oxygens (including phenoxy) is 1. The van der Waals surface area contributed by atoms with Gasteiger partial charge in [-0.05, 0) is 24.3 Å². The van der Waals surface area contributed by atoms with Crippen LogP contribution in [0.3, 0.4) is 0 Å². The average Bonchev–Trinajstić information content (AvgIpc) is 2.47. The molecule has 2 rings (SSSR count). The largest absolute Gasteiger partial charge is 0.457 e. The second-order valence-electron chi connectivity index (χ2n) is 4.16. The van der Waals surface area contributed by atoms with Crippen LogP contribution in [0.4, 0.5) is 5.69 Å². The molecule has 0 fully saturated rings. The predicted octanol–water partition coefficient (Wildman–Crippen LogP) is 3.98. The molecule has 0 amide bonds. The third-order valence-corrected chi connectivity index (χ3v) is 2.76. The summed E-state index contributed by atoms with van der Waals surface area (Å²) in [5, 5.41) is 10.6. The molecule has 0 heterocycles. The molecule has 0 bridgehead atoms. The number of non-ortho nitro benzene ring substituents is 1. The zero-order valence-electron chi connectivity index (χ0n) is 10.9. The molecule has 0 aliphatic carbocycles. The molecule has 2 aromatic carbocycles. The van der Waals surface area contributed by atoms with Crippen LogP contribution in [0.15, 0.2) is 48.5 Å². The lowest BCUT2D eigenvalue weighted by Crippen LogP contribution is -1.96. The highest BCUT2D eigenvalue weighted by Gasteiger charge is 2.07. The van der Waals surface area contributed by atoms with Crippen LogP contribution >= 0.6 is 0 Å². The number of Topliss-reactive ketones (excluding diaryl/α,β-unsaturated/α-hetero) is 1. The van der Waals surface area contributed by atoms with E-state index in [4.69, 9.17) is 4.74 Å². The highest BCUT2D eigenvalue weighted by Crippen LogP contribution is 2.24. The molecular weight excluding hydrogens is 258 g/mol. The summed E-state index contributed by atoms with van der Waals surface area (Å²) < 4.78 is 5.57. The SMILES string of the molecule is CCC(=O)c1cccc(Oc2ccc([N+](=O)[O-])cc2)c1. The molecule has 0 radical (unpaired) electrons. The van der Waals surface area contributed by atoms with Crippen molar-refractivity contribution in [2.75, 3.05) is 0 Å². The quantitative estimate of drug-likeness (QED) is 0.468. The summed E-state index contributed by atoms with van der Waals surface area (Å²) in [6.45, 7) is 1.80. The van der Waals surface area contributed by atoms with Crippen molar-refractivity contribution >= 4 is 11.5 Å². The van der Waals surface area contributed by atoms with Crippen LogP contribution in [0.2, 0.25) is 0 Å². The van der Waals surface area contributed by atoms with Crippen LogP contribution in [0.25, 0.3) is 0 Å². The number of carbonyl (C=O) groups excluding carboxylic acids is 1. The molecule has 0 unspecified atom stereocenters. The van der Waals surface area contributed by atoms with Gasteiger partial charge in [0.05, 0.1) is 4.92 Å². The minimum absolute atomic E-state index is 0.00672. The highest BCUT2D eigenvalue weighted by molar-refractivity contribution is 5.96. The van der Waals surface area contributed by atoms with Gasteiger partial charge in [-0.15, -0.1) is 0 Å². The van der Waals surface area contributed by atoms with Crippen molar-refractivity contribution in [1.82, 2.24) is 0 Å². The van der Waals surface area contributed by atoms with E-state index >= 15 is 0 Å². The second-order valence-corrected chi connectivity index (χ2v) is 4.16. The first-order valence-electron chi connectivity index (χ1n) is 6.15. The Labute approximate surface area is 116 Å². The number of rotatable bonds is 5. The third kappa shape index (κ3) is 3.20. The van der Waals surface area contributed by atoms with Crippen molar-refractivity contribution in [3.63, 3.8) is 0 Å². The summed E-state index contributed by atoms with van der Waals surface area (Å²) in [6.07, 6.45) is 0.432. The molecule has 102 valence electrons. The molecule has 0 aliphatic rings. The molecule has 0 atom stereocenters. The number of carbonyl (C=O) groups is 1. The van der Waals surface area contributed by atoms with Gasteiger partial charge < -0.3 is 4.74 Å². The minimum Gasteiger partial charge on any atom is -0.457 e. The zero-order valence-corrected chi connectivity index (χ0v) is 10.9. The van der Waals surface area contributed by atoms with Crippen LogP contribution in [-0.2, 0) is 0 Å². The van der Waals surface area contributed by atoms with E-state index < -0.39 is 4.92 Å². The maximum Gasteiger partial charge on any atom is 0.269 e. The van der Waals surface area contributed by atoms with Gasteiger partial charge >= 0.3 is 0 Å². The number of ketones is 1. The van der Waals surface area contributed by atoms with Gasteiger partial charge in [-0.2, -0.15) is 0 Å². The van der Waals surface area contributed by atoms with Crippen molar-refractivity contribution in [3.8, 4) is 11.5 Å². The van der Waals surface area contributed by atoms with Gasteiger partial charge in [0.2, 0.25) is 0 Å². The maximum atomic E-state index is 11.6. The first-order valence-corrected chi connectivity index (χ1v) is 6.15. The van der Waals surface area contributed by atoms with Crippen molar-refractivity contribution in [1.29, 1.82) is 0 Å². The predicted molar refractivity (Wildman–Crippen MR) is 74.2 cm³/mol. The van der Waals surface area contributed by atoms with Gasteiger partial charge in [0, 0.05) is 24.1 Å². The van der Waals surface area contributed by atoms with Crippen molar-refractivity contribution in [2.24, 2.45) is 0 Å². The molecule has 5 nitrogen and oxygen atoms in total. The van der Waals surface area contributed by atoms with E-state index in [9.17, 15) is 14.9 Å². The lowest BCUT2D eigenvalue weighted by molar-refractivity contribution is -0.384. The minimum atomic E-state index is -0.468. The van der Waals surface area contributed by atoms with Crippen LogP contribution in [0.5, 0.6) is 11.5 Å². The van der Waals surface area contributed by atoms with E-state index in [1.807, 2.05) is 0 Å². The maximum absolute atomic E-state index is 11.6. The van der Waals surface area contributed by atoms with Crippen molar-refractivity contribution in [3.05, 3.63) is 64.2 Å². The molecule has 0 N–H and O–H groups in total. The summed E-state index contributed by atoms with van der Waals surface area (Å²) in [6, 6.07) is 12.6. The number of hydrogen-bond donors (Lipinski definition) is 0. The van der Waals surface area contributed by atoms with Gasteiger partial charge in [0.1, 0.15) is 11.5 Å². The lowest BCUT2D eigenvalue weighted by Gasteiger charge is -2.06. The second kappa shape index (κ2) is 5.97. The first-order chi connectivity index (χ1) is 9.60. The summed E-state index contributed by atoms with van der Waals surface area (Å²) in [5.41, 5.74) is 0.596. The van der Waals surface area contributed by atoms with Crippen molar-refractivity contribution in [2.45, 2.75) is 13.3 Å². The van der Waals surface area contributed by atoms with E-state index in [2.05, 4.69) is 0 Å². The molecule has 0 saturated carbocycles. The fraction of sp³-hybridized carbons (Fsp3) is 0.133. The molecule has 2 aromatic rings. The number of hydrogen-bond acceptors (Lipinski definition) is 4. The Morgan fingerprint density at radius 2 is 1.85 bits per heavy atom. The molecular formula is C15H13NO4. The molecule has 0 aromatic heterocycles. The summed E-state index contributed by atoms with van der Waals surface area (Å²) in [4.78, 5) is 21.7. The Kier molecular flexibility index (Phi) is 4.10. The molecule has 5 heteroatoms. The van der Waals surface area contributed by atoms with Gasteiger partial charge in [-0.1, -0.05) is 19.1 Å². The van der Waals surface area contributed by atoms with Crippen LogP contribution in [0.1, 0.15) is 23.7 Å². The zero-order chi connectivity index (χ0) is 14.5.